The molecule has 0 spiro atoms. The van der Waals surface area contributed by atoms with Crippen molar-refractivity contribution in [2.24, 2.45) is 0 Å². The van der Waals surface area contributed by atoms with Crippen LogP contribution >= 0.6 is 23.4 Å². The zero-order valence-electron chi connectivity index (χ0n) is 12.2. The first-order chi connectivity index (χ1) is 11.5. The molecule has 5 nitrogen and oxygen atoms in total. The van der Waals surface area contributed by atoms with Crippen LogP contribution in [-0.2, 0) is 9.59 Å². The average molecular weight is 359 g/mol. The van der Waals surface area contributed by atoms with Gasteiger partial charge < -0.3 is 0 Å². The van der Waals surface area contributed by atoms with Crippen molar-refractivity contribution in [2.75, 3.05) is 0 Å². The summed E-state index contributed by atoms with van der Waals surface area (Å²) in [5.41, 5.74) is 0.589. The second kappa shape index (κ2) is 6.90. The van der Waals surface area contributed by atoms with Crippen LogP contribution in [0.5, 0.6) is 0 Å². The fourth-order valence-corrected chi connectivity index (χ4v) is 3.13. The molecule has 2 N–H and O–H groups in total. The van der Waals surface area contributed by atoms with E-state index >= 15 is 0 Å². The molecule has 0 unspecified atom stereocenters. The van der Waals surface area contributed by atoms with Crippen molar-refractivity contribution in [3.05, 3.63) is 64.7 Å². The summed E-state index contributed by atoms with van der Waals surface area (Å²) in [5.74, 6) is -1.43. The van der Waals surface area contributed by atoms with E-state index in [4.69, 9.17) is 11.6 Å². The third-order valence-electron chi connectivity index (χ3n) is 3.20. The predicted octanol–water partition coefficient (Wildman–Crippen LogP) is 3.24. The van der Waals surface area contributed by atoms with E-state index in [0.29, 0.717) is 10.6 Å². The lowest BCUT2D eigenvalue weighted by Gasteiger charge is -2.14. The lowest BCUT2D eigenvalue weighted by atomic mass is 10.1. The fraction of sp³-hybridized carbons (Fsp3) is 0. The number of imide groups is 2. The highest BCUT2D eigenvalue weighted by Gasteiger charge is 2.27. The van der Waals surface area contributed by atoms with Gasteiger partial charge in [0.2, 0.25) is 0 Å². The molecule has 1 aliphatic rings. The Morgan fingerprint density at radius 1 is 0.875 bits per heavy atom. The first-order valence-corrected chi connectivity index (χ1v) is 8.13. The largest absolute Gasteiger partial charge is 0.328 e. The van der Waals surface area contributed by atoms with E-state index in [1.54, 1.807) is 18.2 Å². The van der Waals surface area contributed by atoms with Crippen molar-refractivity contribution in [3.8, 4) is 0 Å². The first kappa shape index (κ1) is 16.3. The number of hydrogen-bond acceptors (Lipinski definition) is 4. The Labute approximate surface area is 147 Å². The molecule has 1 saturated heterocycles. The van der Waals surface area contributed by atoms with Gasteiger partial charge in [0.05, 0.1) is 0 Å². The highest BCUT2D eigenvalue weighted by molar-refractivity contribution is 7.99. The molecule has 0 saturated carbocycles. The molecule has 3 rings (SSSR count). The number of carbonyl (C=O) groups excluding carboxylic acids is 3. The van der Waals surface area contributed by atoms with Gasteiger partial charge in [-0.05, 0) is 42.0 Å². The van der Waals surface area contributed by atoms with Gasteiger partial charge in [0.25, 0.3) is 11.8 Å². The molecule has 2 aromatic carbocycles. The van der Waals surface area contributed by atoms with Crippen LogP contribution in [0.25, 0.3) is 6.08 Å². The predicted molar refractivity (Wildman–Crippen MR) is 91.7 cm³/mol. The van der Waals surface area contributed by atoms with Crippen molar-refractivity contribution in [1.29, 1.82) is 0 Å². The Balaban J connectivity index is 1.93. The number of barbiturate groups is 1. The van der Waals surface area contributed by atoms with Crippen LogP contribution < -0.4 is 10.6 Å². The Morgan fingerprint density at radius 3 is 2.17 bits per heavy atom. The van der Waals surface area contributed by atoms with E-state index in [1.807, 2.05) is 30.3 Å². The smallest absolute Gasteiger partial charge is 0.273 e. The zero-order valence-corrected chi connectivity index (χ0v) is 13.8. The van der Waals surface area contributed by atoms with Crippen LogP contribution in [0.15, 0.2) is 63.9 Å². The maximum Gasteiger partial charge on any atom is 0.328 e. The summed E-state index contributed by atoms with van der Waals surface area (Å²) in [6, 6.07) is 13.9. The molecule has 0 atom stereocenters. The summed E-state index contributed by atoms with van der Waals surface area (Å²) >= 11 is 7.36. The molecular weight excluding hydrogens is 348 g/mol. The summed E-state index contributed by atoms with van der Waals surface area (Å²) in [5, 5.41) is 4.76. The van der Waals surface area contributed by atoms with E-state index < -0.39 is 17.8 Å². The van der Waals surface area contributed by atoms with Crippen LogP contribution in [0.1, 0.15) is 5.56 Å². The topological polar surface area (TPSA) is 75.3 Å². The van der Waals surface area contributed by atoms with Crippen LogP contribution in [0.2, 0.25) is 5.02 Å². The Kier molecular flexibility index (Phi) is 4.69. The number of rotatable bonds is 3. The molecule has 0 aliphatic carbocycles. The van der Waals surface area contributed by atoms with Crippen molar-refractivity contribution in [2.45, 2.75) is 9.79 Å². The normalized spacial score (nSPS) is 14.2. The minimum Gasteiger partial charge on any atom is -0.273 e. The Hall–Kier alpha value is -2.57. The second-order valence-corrected chi connectivity index (χ2v) is 6.44. The molecule has 1 heterocycles. The monoisotopic (exact) mass is 358 g/mol. The van der Waals surface area contributed by atoms with Gasteiger partial charge in [0, 0.05) is 14.8 Å². The van der Waals surface area contributed by atoms with Crippen molar-refractivity contribution in [3.63, 3.8) is 0 Å². The molecule has 2 aromatic rings. The Morgan fingerprint density at radius 2 is 1.50 bits per heavy atom. The van der Waals surface area contributed by atoms with Crippen LogP contribution in [0.4, 0.5) is 4.79 Å². The summed E-state index contributed by atoms with van der Waals surface area (Å²) in [6.07, 6.45) is 1.47. The van der Waals surface area contributed by atoms with Gasteiger partial charge in [-0.2, -0.15) is 0 Å². The van der Waals surface area contributed by atoms with E-state index in [-0.39, 0.29) is 5.57 Å². The van der Waals surface area contributed by atoms with Crippen LogP contribution in [-0.4, -0.2) is 17.8 Å². The van der Waals surface area contributed by atoms with Crippen molar-refractivity contribution >= 4 is 47.3 Å². The number of hydrogen-bond donors (Lipinski definition) is 2. The lowest BCUT2D eigenvalue weighted by Crippen LogP contribution is -2.51. The molecule has 4 amide bonds. The van der Waals surface area contributed by atoms with E-state index in [9.17, 15) is 14.4 Å². The first-order valence-electron chi connectivity index (χ1n) is 6.94. The van der Waals surface area contributed by atoms with Crippen molar-refractivity contribution < 1.29 is 14.4 Å². The maximum absolute atomic E-state index is 11.8. The molecular formula is C17H11ClN2O3S. The maximum atomic E-state index is 11.8. The highest BCUT2D eigenvalue weighted by Crippen LogP contribution is 2.32. The fourth-order valence-electron chi connectivity index (χ4n) is 2.08. The number of urea groups is 1. The number of carbonyl (C=O) groups is 3. The quantitative estimate of drug-likeness (QED) is 0.652. The van der Waals surface area contributed by atoms with Gasteiger partial charge in [-0.15, -0.1) is 0 Å². The molecule has 120 valence electrons. The average Bonchev–Trinajstić information content (AvgIpc) is 2.54. The number of nitrogens with one attached hydrogen (secondary N) is 2. The van der Waals surface area contributed by atoms with E-state index in [2.05, 4.69) is 10.6 Å². The summed E-state index contributed by atoms with van der Waals surface area (Å²) < 4.78 is 0. The molecule has 0 bridgehead atoms. The molecule has 1 aliphatic heterocycles. The highest BCUT2D eigenvalue weighted by atomic mass is 35.5. The van der Waals surface area contributed by atoms with Crippen molar-refractivity contribution in [1.82, 2.24) is 10.6 Å². The molecule has 1 fully saturated rings. The summed E-state index contributed by atoms with van der Waals surface area (Å²) in [6.45, 7) is 0. The number of amides is 4. The molecule has 24 heavy (non-hydrogen) atoms. The molecule has 0 aromatic heterocycles. The van der Waals surface area contributed by atoms with Gasteiger partial charge in [0.15, 0.2) is 0 Å². The van der Waals surface area contributed by atoms with E-state index in [0.717, 1.165) is 9.79 Å². The van der Waals surface area contributed by atoms with Gasteiger partial charge in [0.1, 0.15) is 5.57 Å². The third kappa shape index (κ3) is 3.67. The summed E-state index contributed by atoms with van der Waals surface area (Å²) in [7, 11) is 0. The van der Waals surface area contributed by atoms with Gasteiger partial charge in [-0.3, -0.25) is 20.2 Å². The van der Waals surface area contributed by atoms with Crippen LogP contribution in [0.3, 0.4) is 0 Å². The standard InChI is InChI=1S/C17H11ClN2O3S/c18-11-5-7-12(8-6-11)24-14-4-2-1-3-10(14)9-13-15(21)19-17(23)20-16(13)22/h1-9H,(H2,19,20,21,22,23). The number of halogens is 1. The van der Waals surface area contributed by atoms with Gasteiger partial charge in [-0.25, -0.2) is 4.79 Å². The minimum absolute atomic E-state index is 0.112. The third-order valence-corrected chi connectivity index (χ3v) is 4.56. The lowest BCUT2D eigenvalue weighted by molar-refractivity contribution is -0.123. The minimum atomic E-state index is -0.814. The zero-order chi connectivity index (χ0) is 17.1. The molecule has 7 heteroatoms. The molecule has 0 radical (unpaired) electrons. The summed E-state index contributed by atoms with van der Waals surface area (Å²) in [4.78, 5) is 36.6. The van der Waals surface area contributed by atoms with Gasteiger partial charge >= 0.3 is 6.03 Å². The Bertz CT molecular complexity index is 840. The van der Waals surface area contributed by atoms with Crippen LogP contribution in [0, 0.1) is 0 Å². The van der Waals surface area contributed by atoms with Gasteiger partial charge in [-0.1, -0.05) is 41.6 Å². The van der Waals surface area contributed by atoms with E-state index in [1.165, 1.54) is 17.8 Å². The number of benzene rings is 2. The SMILES string of the molecule is O=C1NC(=O)C(=Cc2ccccc2Sc2ccc(Cl)cc2)C(=O)N1. The second-order valence-electron chi connectivity index (χ2n) is 4.89.